The summed E-state index contributed by atoms with van der Waals surface area (Å²) in [5, 5.41) is 0. The average molecular weight is 271 g/mol. The quantitative estimate of drug-likeness (QED) is 0.786. The first-order valence-corrected chi connectivity index (χ1v) is 7.36. The maximum absolute atomic E-state index is 12.0. The van der Waals surface area contributed by atoms with Crippen LogP contribution in [0.2, 0.25) is 0 Å². The maximum Gasteiger partial charge on any atom is 0.242 e. The Hall–Kier alpha value is -1.02. The van der Waals surface area contributed by atoms with Gasteiger partial charge in [0, 0.05) is 25.9 Å². The molecule has 0 bridgehead atoms. The van der Waals surface area contributed by atoms with Gasteiger partial charge in [-0.05, 0) is 25.0 Å². The fraction of sp³-hybridized carbons (Fsp3) is 0.545. The van der Waals surface area contributed by atoms with E-state index in [0.717, 1.165) is 12.8 Å². The maximum atomic E-state index is 12.0. The second-order valence-corrected chi connectivity index (χ2v) is 5.94. The summed E-state index contributed by atoms with van der Waals surface area (Å²) in [6.45, 7) is 1.31. The normalized spacial score (nSPS) is 20.2. The van der Waals surface area contributed by atoms with Crippen molar-refractivity contribution in [1.82, 2.24) is 9.71 Å². The van der Waals surface area contributed by atoms with Crippen LogP contribution in [-0.2, 0) is 21.3 Å². The second kappa shape index (κ2) is 5.75. The summed E-state index contributed by atoms with van der Waals surface area (Å²) in [6, 6.07) is 3.12. The van der Waals surface area contributed by atoms with Crippen LogP contribution in [0.3, 0.4) is 0 Å². The van der Waals surface area contributed by atoms with Crippen LogP contribution in [0, 0.1) is 0 Å². The number of nitrogens with one attached hydrogen (secondary N) is 1. The first kappa shape index (κ1) is 13.4. The van der Waals surface area contributed by atoms with Crippen molar-refractivity contribution in [1.29, 1.82) is 0 Å². The summed E-state index contributed by atoms with van der Waals surface area (Å²) >= 11 is 0. The van der Waals surface area contributed by atoms with Crippen LogP contribution >= 0.6 is 0 Å². The van der Waals surface area contributed by atoms with Crippen LogP contribution in [0.5, 0.6) is 0 Å². The number of hydrogen-bond donors (Lipinski definition) is 2. The van der Waals surface area contributed by atoms with Crippen molar-refractivity contribution in [3.05, 3.63) is 24.0 Å². The molecule has 0 spiro atoms. The van der Waals surface area contributed by atoms with Gasteiger partial charge in [-0.25, -0.2) is 13.1 Å². The van der Waals surface area contributed by atoms with Crippen LogP contribution < -0.4 is 10.5 Å². The van der Waals surface area contributed by atoms with Gasteiger partial charge in [0.05, 0.1) is 11.8 Å². The largest absolute Gasteiger partial charge is 0.377 e. The minimum absolute atomic E-state index is 0.0175. The number of aromatic nitrogens is 1. The van der Waals surface area contributed by atoms with Crippen molar-refractivity contribution in [2.45, 2.75) is 30.4 Å². The number of nitrogens with two attached hydrogens (primary N) is 1. The molecule has 2 heterocycles. The van der Waals surface area contributed by atoms with Gasteiger partial charge in [-0.2, -0.15) is 0 Å². The molecule has 3 N–H and O–H groups in total. The van der Waals surface area contributed by atoms with Gasteiger partial charge < -0.3 is 10.5 Å². The van der Waals surface area contributed by atoms with E-state index >= 15 is 0 Å². The molecule has 1 atom stereocenters. The van der Waals surface area contributed by atoms with E-state index in [2.05, 4.69) is 9.71 Å². The molecule has 1 aromatic heterocycles. The molecular weight excluding hydrogens is 254 g/mol. The Labute approximate surface area is 107 Å². The van der Waals surface area contributed by atoms with Gasteiger partial charge in [0.15, 0.2) is 0 Å². The van der Waals surface area contributed by atoms with E-state index in [1.165, 1.54) is 12.3 Å². The summed E-state index contributed by atoms with van der Waals surface area (Å²) in [5.74, 6) is 0. The minimum atomic E-state index is -3.51. The molecule has 1 aromatic rings. The molecule has 0 aromatic carbocycles. The fourth-order valence-corrected chi connectivity index (χ4v) is 2.79. The van der Waals surface area contributed by atoms with E-state index in [1.807, 2.05) is 0 Å². The number of nitrogens with zero attached hydrogens (tertiary/aromatic N) is 1. The van der Waals surface area contributed by atoms with E-state index in [-0.39, 0.29) is 11.0 Å². The predicted molar refractivity (Wildman–Crippen MR) is 66.3 cm³/mol. The van der Waals surface area contributed by atoms with Gasteiger partial charge in [0.1, 0.15) is 4.90 Å². The monoisotopic (exact) mass is 271 g/mol. The van der Waals surface area contributed by atoms with Crippen LogP contribution in [0.4, 0.5) is 0 Å². The van der Waals surface area contributed by atoms with Gasteiger partial charge >= 0.3 is 0 Å². The van der Waals surface area contributed by atoms with Crippen molar-refractivity contribution in [3.8, 4) is 0 Å². The standard InChI is InChI=1S/C11H17N3O3S/c12-6-9-3-4-11(8-13-9)18(15,16)14-7-10-2-1-5-17-10/h3-4,8,10,14H,1-2,5-7,12H2. The molecule has 1 unspecified atom stereocenters. The Bertz CT molecular complexity index is 481. The molecule has 7 heteroatoms. The average Bonchev–Trinajstić information content (AvgIpc) is 2.90. The van der Waals surface area contributed by atoms with Gasteiger partial charge in [0.25, 0.3) is 0 Å². The Kier molecular flexibility index (Phi) is 4.28. The third-order valence-electron chi connectivity index (χ3n) is 2.84. The molecular formula is C11H17N3O3S. The van der Waals surface area contributed by atoms with Crippen molar-refractivity contribution < 1.29 is 13.2 Å². The van der Waals surface area contributed by atoms with Crippen molar-refractivity contribution in [2.75, 3.05) is 13.2 Å². The van der Waals surface area contributed by atoms with Crippen LogP contribution in [0.15, 0.2) is 23.2 Å². The molecule has 0 saturated carbocycles. The van der Waals surface area contributed by atoms with E-state index in [4.69, 9.17) is 10.5 Å². The lowest BCUT2D eigenvalue weighted by Crippen LogP contribution is -2.31. The predicted octanol–water partition coefficient (Wildman–Crippen LogP) is -0.00240. The molecule has 1 aliphatic heterocycles. The lowest BCUT2D eigenvalue weighted by Gasteiger charge is -2.11. The van der Waals surface area contributed by atoms with E-state index in [1.54, 1.807) is 6.07 Å². The SMILES string of the molecule is NCc1ccc(S(=O)(=O)NCC2CCCO2)cn1. The highest BCUT2D eigenvalue weighted by molar-refractivity contribution is 7.89. The number of hydrogen-bond acceptors (Lipinski definition) is 5. The highest BCUT2D eigenvalue weighted by Crippen LogP contribution is 2.13. The Morgan fingerprint density at radius 1 is 1.50 bits per heavy atom. The highest BCUT2D eigenvalue weighted by atomic mass is 32.2. The van der Waals surface area contributed by atoms with Gasteiger partial charge in [-0.1, -0.05) is 0 Å². The van der Waals surface area contributed by atoms with Crippen molar-refractivity contribution in [3.63, 3.8) is 0 Å². The Morgan fingerprint density at radius 2 is 2.33 bits per heavy atom. The number of pyridine rings is 1. The summed E-state index contributed by atoms with van der Waals surface area (Å²) in [7, 11) is -3.51. The van der Waals surface area contributed by atoms with Gasteiger partial charge in [-0.3, -0.25) is 4.98 Å². The number of ether oxygens (including phenoxy) is 1. The molecule has 0 radical (unpaired) electrons. The zero-order valence-corrected chi connectivity index (χ0v) is 10.8. The third-order valence-corrected chi connectivity index (χ3v) is 4.25. The van der Waals surface area contributed by atoms with Crippen molar-refractivity contribution in [2.24, 2.45) is 5.73 Å². The number of rotatable bonds is 5. The van der Waals surface area contributed by atoms with E-state index in [9.17, 15) is 8.42 Å². The smallest absolute Gasteiger partial charge is 0.242 e. The molecule has 100 valence electrons. The second-order valence-electron chi connectivity index (χ2n) is 4.18. The molecule has 18 heavy (non-hydrogen) atoms. The summed E-state index contributed by atoms with van der Waals surface area (Å²) in [6.07, 6.45) is 3.18. The minimum Gasteiger partial charge on any atom is -0.377 e. The summed E-state index contributed by atoms with van der Waals surface area (Å²) < 4.78 is 31.8. The lowest BCUT2D eigenvalue weighted by atomic mass is 10.2. The van der Waals surface area contributed by atoms with Crippen LogP contribution in [0.25, 0.3) is 0 Å². The highest BCUT2D eigenvalue weighted by Gasteiger charge is 2.20. The zero-order valence-electron chi connectivity index (χ0n) is 10.0. The molecule has 0 aliphatic carbocycles. The first-order valence-electron chi connectivity index (χ1n) is 5.88. The van der Waals surface area contributed by atoms with E-state index < -0.39 is 10.0 Å². The Balaban J connectivity index is 2.00. The zero-order chi connectivity index (χ0) is 13.0. The molecule has 1 saturated heterocycles. The first-order chi connectivity index (χ1) is 8.62. The van der Waals surface area contributed by atoms with Crippen LogP contribution in [-0.4, -0.2) is 32.7 Å². The van der Waals surface area contributed by atoms with Crippen LogP contribution in [0.1, 0.15) is 18.5 Å². The molecule has 0 amide bonds. The lowest BCUT2D eigenvalue weighted by molar-refractivity contribution is 0.114. The molecule has 6 nitrogen and oxygen atoms in total. The van der Waals surface area contributed by atoms with Crippen molar-refractivity contribution >= 4 is 10.0 Å². The summed E-state index contributed by atoms with van der Waals surface area (Å²) in [4.78, 5) is 4.12. The van der Waals surface area contributed by atoms with E-state index in [0.29, 0.717) is 25.4 Å². The number of sulfonamides is 1. The molecule has 1 aliphatic rings. The molecule has 1 fully saturated rings. The Morgan fingerprint density at radius 3 is 2.89 bits per heavy atom. The summed E-state index contributed by atoms with van der Waals surface area (Å²) in [5.41, 5.74) is 6.07. The van der Waals surface area contributed by atoms with Gasteiger partial charge in [-0.15, -0.1) is 0 Å². The topological polar surface area (TPSA) is 94.3 Å². The fourth-order valence-electron chi connectivity index (χ4n) is 1.78. The third kappa shape index (κ3) is 3.26. The molecule has 2 rings (SSSR count). The van der Waals surface area contributed by atoms with Gasteiger partial charge in [0.2, 0.25) is 10.0 Å².